The standard InChI is InChI=1S/C13H10Cl3N3O/c1-19(7-8-2-9(14)4-10(15)3-8)13(20)11-5-17-6-12(16)18-11/h2-6H,7H2,1H3. The second-order valence-corrected chi connectivity index (χ2v) is 5.43. The lowest BCUT2D eigenvalue weighted by Crippen LogP contribution is -2.27. The van der Waals surface area contributed by atoms with E-state index in [1.54, 1.807) is 25.2 Å². The lowest BCUT2D eigenvalue weighted by atomic mass is 10.2. The fraction of sp³-hybridized carbons (Fsp3) is 0.154. The molecule has 1 heterocycles. The molecule has 0 atom stereocenters. The molecule has 0 aliphatic heterocycles. The monoisotopic (exact) mass is 329 g/mol. The van der Waals surface area contributed by atoms with Crippen LogP contribution in [0, 0.1) is 0 Å². The van der Waals surface area contributed by atoms with E-state index in [-0.39, 0.29) is 16.8 Å². The largest absolute Gasteiger partial charge is 0.336 e. The maximum Gasteiger partial charge on any atom is 0.274 e. The first-order valence-electron chi connectivity index (χ1n) is 5.63. The third kappa shape index (κ3) is 3.82. The van der Waals surface area contributed by atoms with Crippen molar-refractivity contribution in [1.29, 1.82) is 0 Å². The number of amides is 1. The topological polar surface area (TPSA) is 46.1 Å². The Bertz CT molecular complexity index is 628. The molecule has 0 saturated carbocycles. The van der Waals surface area contributed by atoms with Crippen LogP contribution in [-0.4, -0.2) is 27.8 Å². The summed E-state index contributed by atoms with van der Waals surface area (Å²) >= 11 is 17.6. The molecule has 0 aliphatic carbocycles. The summed E-state index contributed by atoms with van der Waals surface area (Å²) in [6.45, 7) is 0.354. The third-order valence-corrected chi connectivity index (χ3v) is 3.13. The van der Waals surface area contributed by atoms with Gasteiger partial charge in [0.1, 0.15) is 10.8 Å². The highest BCUT2D eigenvalue weighted by atomic mass is 35.5. The van der Waals surface area contributed by atoms with Crippen molar-refractivity contribution in [2.24, 2.45) is 0 Å². The number of halogens is 3. The summed E-state index contributed by atoms with van der Waals surface area (Å²) < 4.78 is 0. The third-order valence-electron chi connectivity index (χ3n) is 2.51. The van der Waals surface area contributed by atoms with E-state index in [0.29, 0.717) is 16.6 Å². The van der Waals surface area contributed by atoms with E-state index in [1.807, 2.05) is 0 Å². The van der Waals surface area contributed by atoms with Crippen molar-refractivity contribution in [2.45, 2.75) is 6.54 Å². The van der Waals surface area contributed by atoms with Gasteiger partial charge >= 0.3 is 0 Å². The number of carbonyl (C=O) groups excluding carboxylic acids is 1. The van der Waals surface area contributed by atoms with Crippen LogP contribution in [0.2, 0.25) is 15.2 Å². The van der Waals surface area contributed by atoms with Crippen LogP contribution < -0.4 is 0 Å². The van der Waals surface area contributed by atoms with E-state index in [0.717, 1.165) is 5.56 Å². The lowest BCUT2D eigenvalue weighted by Gasteiger charge is -2.17. The van der Waals surface area contributed by atoms with E-state index in [2.05, 4.69) is 9.97 Å². The van der Waals surface area contributed by atoms with Crippen LogP contribution in [0.25, 0.3) is 0 Å². The van der Waals surface area contributed by atoms with Gasteiger partial charge in [0.15, 0.2) is 0 Å². The summed E-state index contributed by atoms with van der Waals surface area (Å²) in [5.41, 5.74) is 1.02. The average Bonchev–Trinajstić information content (AvgIpc) is 2.36. The molecule has 0 saturated heterocycles. The summed E-state index contributed by atoms with van der Waals surface area (Å²) in [7, 11) is 1.65. The molecule has 0 aliphatic rings. The first-order valence-corrected chi connectivity index (χ1v) is 6.77. The second-order valence-electron chi connectivity index (χ2n) is 4.17. The zero-order valence-corrected chi connectivity index (χ0v) is 12.7. The minimum atomic E-state index is -0.281. The van der Waals surface area contributed by atoms with Crippen LogP contribution in [0.4, 0.5) is 0 Å². The van der Waals surface area contributed by atoms with Crippen LogP contribution >= 0.6 is 34.8 Å². The fourth-order valence-corrected chi connectivity index (χ4v) is 2.41. The van der Waals surface area contributed by atoms with Gasteiger partial charge in [0.2, 0.25) is 0 Å². The van der Waals surface area contributed by atoms with Crippen LogP contribution in [-0.2, 0) is 6.54 Å². The molecule has 2 rings (SSSR count). The highest BCUT2D eigenvalue weighted by Gasteiger charge is 2.14. The quantitative estimate of drug-likeness (QED) is 0.862. The van der Waals surface area contributed by atoms with Crippen molar-refractivity contribution in [3.8, 4) is 0 Å². The molecule has 7 heteroatoms. The minimum absolute atomic E-state index is 0.176. The van der Waals surface area contributed by atoms with Crippen LogP contribution in [0.5, 0.6) is 0 Å². The number of hydrogen-bond donors (Lipinski definition) is 0. The summed E-state index contributed by atoms with van der Waals surface area (Å²) in [5, 5.41) is 1.22. The van der Waals surface area contributed by atoms with Crippen molar-refractivity contribution < 1.29 is 4.79 Å². The smallest absolute Gasteiger partial charge is 0.274 e. The summed E-state index contributed by atoms with van der Waals surface area (Å²) in [6.07, 6.45) is 2.74. The maximum atomic E-state index is 12.2. The molecule has 1 aromatic carbocycles. The summed E-state index contributed by atoms with van der Waals surface area (Å²) in [6, 6.07) is 5.14. The molecule has 0 unspecified atom stereocenters. The molecule has 0 spiro atoms. The molecule has 20 heavy (non-hydrogen) atoms. The lowest BCUT2D eigenvalue weighted by molar-refractivity contribution is 0.0779. The van der Waals surface area contributed by atoms with Gasteiger partial charge in [-0.05, 0) is 23.8 Å². The molecule has 0 bridgehead atoms. The molecule has 1 aromatic heterocycles. The van der Waals surface area contributed by atoms with Crippen molar-refractivity contribution in [3.05, 3.63) is 57.0 Å². The van der Waals surface area contributed by atoms with Crippen molar-refractivity contribution in [1.82, 2.24) is 14.9 Å². The van der Waals surface area contributed by atoms with Gasteiger partial charge in [-0.3, -0.25) is 9.78 Å². The maximum absolute atomic E-state index is 12.2. The van der Waals surface area contributed by atoms with Crippen LogP contribution in [0.3, 0.4) is 0 Å². The van der Waals surface area contributed by atoms with E-state index >= 15 is 0 Å². The van der Waals surface area contributed by atoms with Crippen molar-refractivity contribution in [3.63, 3.8) is 0 Å². The van der Waals surface area contributed by atoms with E-state index in [9.17, 15) is 4.79 Å². The Morgan fingerprint density at radius 3 is 2.40 bits per heavy atom. The Morgan fingerprint density at radius 2 is 1.80 bits per heavy atom. The van der Waals surface area contributed by atoms with Crippen molar-refractivity contribution >= 4 is 40.7 Å². The van der Waals surface area contributed by atoms with Gasteiger partial charge in [0, 0.05) is 23.6 Å². The minimum Gasteiger partial charge on any atom is -0.336 e. The number of hydrogen-bond acceptors (Lipinski definition) is 3. The van der Waals surface area contributed by atoms with Crippen LogP contribution in [0.1, 0.15) is 16.1 Å². The molecule has 0 radical (unpaired) electrons. The highest BCUT2D eigenvalue weighted by molar-refractivity contribution is 6.34. The Labute approximate surface area is 131 Å². The number of aromatic nitrogens is 2. The summed E-state index contributed by atoms with van der Waals surface area (Å²) in [5.74, 6) is -0.281. The van der Waals surface area contributed by atoms with E-state index in [1.165, 1.54) is 17.3 Å². The van der Waals surface area contributed by atoms with E-state index < -0.39 is 0 Å². The van der Waals surface area contributed by atoms with Gasteiger partial charge in [-0.15, -0.1) is 0 Å². The number of carbonyl (C=O) groups is 1. The Balaban J connectivity index is 2.15. The number of nitrogens with zero attached hydrogens (tertiary/aromatic N) is 3. The Hall–Kier alpha value is -1.36. The molecule has 0 N–H and O–H groups in total. The average molecular weight is 331 g/mol. The normalized spacial score (nSPS) is 10.4. The zero-order valence-electron chi connectivity index (χ0n) is 10.5. The highest BCUT2D eigenvalue weighted by Crippen LogP contribution is 2.20. The molecule has 1 amide bonds. The molecule has 4 nitrogen and oxygen atoms in total. The van der Waals surface area contributed by atoms with E-state index in [4.69, 9.17) is 34.8 Å². The predicted octanol–water partition coefficient (Wildman–Crippen LogP) is 3.71. The number of rotatable bonds is 3. The Morgan fingerprint density at radius 1 is 1.15 bits per heavy atom. The van der Waals surface area contributed by atoms with Gasteiger partial charge < -0.3 is 4.90 Å². The molecule has 0 fully saturated rings. The molecule has 104 valence electrons. The van der Waals surface area contributed by atoms with Crippen LogP contribution in [0.15, 0.2) is 30.6 Å². The van der Waals surface area contributed by atoms with Gasteiger partial charge in [0.05, 0.1) is 12.4 Å². The van der Waals surface area contributed by atoms with Gasteiger partial charge in [-0.1, -0.05) is 34.8 Å². The SMILES string of the molecule is CN(Cc1cc(Cl)cc(Cl)c1)C(=O)c1cncc(Cl)n1. The molecule has 2 aromatic rings. The number of benzene rings is 1. The fourth-order valence-electron chi connectivity index (χ4n) is 1.69. The second kappa shape index (κ2) is 6.39. The van der Waals surface area contributed by atoms with Gasteiger partial charge in [0.25, 0.3) is 5.91 Å². The molecular weight excluding hydrogens is 321 g/mol. The Kier molecular flexibility index (Phi) is 4.81. The van der Waals surface area contributed by atoms with Gasteiger partial charge in [-0.25, -0.2) is 4.98 Å². The molecular formula is C13H10Cl3N3O. The first kappa shape index (κ1) is 15.0. The van der Waals surface area contributed by atoms with Gasteiger partial charge in [-0.2, -0.15) is 0 Å². The summed E-state index contributed by atoms with van der Waals surface area (Å²) in [4.78, 5) is 21.4. The zero-order chi connectivity index (χ0) is 14.7. The van der Waals surface area contributed by atoms with Crippen molar-refractivity contribution in [2.75, 3.05) is 7.05 Å². The first-order chi connectivity index (χ1) is 9.45. The predicted molar refractivity (Wildman–Crippen MR) is 79.3 cm³/mol.